The zero-order chi connectivity index (χ0) is 11.1. The summed E-state index contributed by atoms with van der Waals surface area (Å²) < 4.78 is 5.41. The third-order valence-corrected chi connectivity index (χ3v) is 2.56. The van der Waals surface area contributed by atoms with E-state index >= 15 is 0 Å². The Bertz CT molecular complexity index is 268. The van der Waals surface area contributed by atoms with Crippen LogP contribution in [0.4, 0.5) is 0 Å². The van der Waals surface area contributed by atoms with Crippen molar-refractivity contribution in [2.45, 2.75) is 25.9 Å². The molecule has 1 N–H and O–H groups in total. The second-order valence-electron chi connectivity index (χ2n) is 3.77. The lowest BCUT2D eigenvalue weighted by atomic mass is 10.0. The van der Waals surface area contributed by atoms with Crippen LogP contribution in [0.3, 0.4) is 0 Å². The van der Waals surface area contributed by atoms with Crippen LogP contribution in [-0.4, -0.2) is 20.7 Å². The van der Waals surface area contributed by atoms with Crippen LogP contribution in [0, 0.1) is 0 Å². The molecule has 1 rings (SSSR count). The minimum absolute atomic E-state index is 0.158. The highest BCUT2D eigenvalue weighted by Gasteiger charge is 2.08. The monoisotopic (exact) mass is 207 g/mol. The van der Waals surface area contributed by atoms with E-state index < -0.39 is 0 Å². The van der Waals surface area contributed by atoms with E-state index in [0.717, 1.165) is 13.0 Å². The number of benzene rings is 1. The number of hydrogen-bond donors (Lipinski definition) is 1. The fraction of sp³-hybridized carbons (Fsp3) is 0.538. The van der Waals surface area contributed by atoms with Gasteiger partial charge < -0.3 is 10.1 Å². The molecule has 1 unspecified atom stereocenters. The van der Waals surface area contributed by atoms with Crippen molar-refractivity contribution in [3.63, 3.8) is 0 Å². The zero-order valence-electron chi connectivity index (χ0n) is 9.92. The Labute approximate surface area is 92.6 Å². The third-order valence-electron chi connectivity index (χ3n) is 2.56. The normalized spacial score (nSPS) is 12.7. The Morgan fingerprint density at radius 2 is 1.93 bits per heavy atom. The van der Waals surface area contributed by atoms with Crippen molar-refractivity contribution >= 4 is 0 Å². The van der Waals surface area contributed by atoms with Crippen LogP contribution in [0.2, 0.25) is 0 Å². The molecule has 0 fully saturated rings. The molecule has 0 aliphatic heterocycles. The van der Waals surface area contributed by atoms with Crippen molar-refractivity contribution in [2.24, 2.45) is 0 Å². The summed E-state index contributed by atoms with van der Waals surface area (Å²) >= 11 is 0. The molecule has 0 saturated carbocycles. The van der Waals surface area contributed by atoms with Crippen LogP contribution >= 0.6 is 0 Å². The van der Waals surface area contributed by atoms with E-state index in [2.05, 4.69) is 36.5 Å². The molecular weight excluding hydrogens is 186 g/mol. The second-order valence-corrected chi connectivity index (χ2v) is 3.77. The standard InChI is InChI=1S/C13H21NO/c1-4-5-11-6-8-12(9-7-11)13(15-3)10-14-2/h6-9,13-14H,4-5,10H2,1-3H3. The third kappa shape index (κ3) is 3.65. The predicted octanol–water partition coefficient (Wildman–Crippen LogP) is 2.55. The van der Waals surface area contributed by atoms with Gasteiger partial charge in [-0.2, -0.15) is 0 Å². The van der Waals surface area contributed by atoms with Crippen molar-refractivity contribution < 1.29 is 4.74 Å². The van der Waals surface area contributed by atoms with Gasteiger partial charge in [-0.3, -0.25) is 0 Å². The zero-order valence-corrected chi connectivity index (χ0v) is 9.92. The number of methoxy groups -OCH3 is 1. The lowest BCUT2D eigenvalue weighted by Crippen LogP contribution is -2.18. The van der Waals surface area contributed by atoms with Gasteiger partial charge in [0, 0.05) is 13.7 Å². The SMILES string of the molecule is CCCc1ccc(C(CNC)OC)cc1. The van der Waals surface area contributed by atoms with E-state index in [0.29, 0.717) is 0 Å². The maximum Gasteiger partial charge on any atom is 0.0945 e. The summed E-state index contributed by atoms with van der Waals surface area (Å²) in [5.41, 5.74) is 2.65. The van der Waals surface area contributed by atoms with Gasteiger partial charge in [0.1, 0.15) is 0 Å². The molecule has 1 aromatic rings. The first-order valence-corrected chi connectivity index (χ1v) is 5.58. The van der Waals surface area contributed by atoms with Gasteiger partial charge in [0.15, 0.2) is 0 Å². The fourth-order valence-corrected chi connectivity index (χ4v) is 1.71. The molecule has 1 atom stereocenters. The highest BCUT2D eigenvalue weighted by atomic mass is 16.5. The summed E-state index contributed by atoms with van der Waals surface area (Å²) in [6.45, 7) is 3.05. The highest BCUT2D eigenvalue weighted by Crippen LogP contribution is 2.16. The smallest absolute Gasteiger partial charge is 0.0945 e. The average Bonchev–Trinajstić information content (AvgIpc) is 2.28. The minimum atomic E-state index is 0.158. The lowest BCUT2D eigenvalue weighted by molar-refractivity contribution is 0.104. The summed E-state index contributed by atoms with van der Waals surface area (Å²) in [4.78, 5) is 0. The summed E-state index contributed by atoms with van der Waals surface area (Å²) in [6.07, 6.45) is 2.51. The Morgan fingerprint density at radius 1 is 1.27 bits per heavy atom. The molecule has 15 heavy (non-hydrogen) atoms. The Kier molecular flexibility index (Phi) is 5.37. The van der Waals surface area contributed by atoms with Crippen LogP contribution in [0.15, 0.2) is 24.3 Å². The molecule has 1 aromatic carbocycles. The van der Waals surface area contributed by atoms with Crippen molar-refractivity contribution in [3.05, 3.63) is 35.4 Å². The number of aryl methyl sites for hydroxylation is 1. The van der Waals surface area contributed by atoms with Crippen molar-refractivity contribution in [2.75, 3.05) is 20.7 Å². The van der Waals surface area contributed by atoms with Gasteiger partial charge in [-0.15, -0.1) is 0 Å². The number of rotatable bonds is 6. The van der Waals surface area contributed by atoms with Gasteiger partial charge in [0.2, 0.25) is 0 Å². The first kappa shape index (κ1) is 12.2. The average molecular weight is 207 g/mol. The quantitative estimate of drug-likeness (QED) is 0.774. The molecule has 0 aliphatic carbocycles. The molecule has 84 valence electrons. The minimum Gasteiger partial charge on any atom is -0.375 e. The van der Waals surface area contributed by atoms with Gasteiger partial charge >= 0.3 is 0 Å². The highest BCUT2D eigenvalue weighted by molar-refractivity contribution is 5.24. The Hall–Kier alpha value is -0.860. The van der Waals surface area contributed by atoms with Crippen molar-refractivity contribution in [1.29, 1.82) is 0 Å². The van der Waals surface area contributed by atoms with E-state index in [4.69, 9.17) is 4.74 Å². The first-order valence-electron chi connectivity index (χ1n) is 5.58. The summed E-state index contributed by atoms with van der Waals surface area (Å²) in [5, 5.41) is 3.13. The van der Waals surface area contributed by atoms with Crippen LogP contribution in [0.1, 0.15) is 30.6 Å². The van der Waals surface area contributed by atoms with Crippen molar-refractivity contribution in [3.8, 4) is 0 Å². The van der Waals surface area contributed by atoms with E-state index in [1.807, 2.05) is 7.05 Å². The molecule has 0 heterocycles. The van der Waals surface area contributed by atoms with Gasteiger partial charge in [-0.05, 0) is 24.6 Å². The van der Waals surface area contributed by atoms with Gasteiger partial charge in [-0.1, -0.05) is 37.6 Å². The van der Waals surface area contributed by atoms with E-state index in [1.54, 1.807) is 7.11 Å². The molecule has 2 nitrogen and oxygen atoms in total. The summed E-state index contributed by atoms with van der Waals surface area (Å²) in [5.74, 6) is 0. The van der Waals surface area contributed by atoms with Crippen LogP contribution in [-0.2, 0) is 11.2 Å². The number of nitrogens with one attached hydrogen (secondary N) is 1. The van der Waals surface area contributed by atoms with Crippen LogP contribution in [0.5, 0.6) is 0 Å². The summed E-state index contributed by atoms with van der Waals surface area (Å²) in [6, 6.07) is 8.72. The molecule has 0 spiro atoms. The lowest BCUT2D eigenvalue weighted by Gasteiger charge is -2.15. The Balaban J connectivity index is 2.68. The molecule has 2 heteroatoms. The Morgan fingerprint density at radius 3 is 2.40 bits per heavy atom. The van der Waals surface area contributed by atoms with E-state index in [1.165, 1.54) is 17.5 Å². The molecule has 0 aromatic heterocycles. The predicted molar refractivity (Wildman–Crippen MR) is 64.1 cm³/mol. The molecule has 0 radical (unpaired) electrons. The van der Waals surface area contributed by atoms with Crippen molar-refractivity contribution in [1.82, 2.24) is 5.32 Å². The van der Waals surface area contributed by atoms with Gasteiger partial charge in [-0.25, -0.2) is 0 Å². The fourth-order valence-electron chi connectivity index (χ4n) is 1.71. The van der Waals surface area contributed by atoms with E-state index in [-0.39, 0.29) is 6.10 Å². The first-order chi connectivity index (χ1) is 7.31. The largest absolute Gasteiger partial charge is 0.375 e. The summed E-state index contributed by atoms with van der Waals surface area (Å²) in [7, 11) is 3.69. The molecule has 0 saturated heterocycles. The van der Waals surface area contributed by atoms with Gasteiger partial charge in [0.25, 0.3) is 0 Å². The number of likely N-dealkylation sites (N-methyl/N-ethyl adjacent to an activating group) is 1. The van der Waals surface area contributed by atoms with Gasteiger partial charge in [0.05, 0.1) is 6.10 Å². The molecule has 0 bridgehead atoms. The number of hydrogen-bond acceptors (Lipinski definition) is 2. The maximum absolute atomic E-state index is 5.41. The molecular formula is C13H21NO. The van der Waals surface area contributed by atoms with Crippen LogP contribution < -0.4 is 5.32 Å². The topological polar surface area (TPSA) is 21.3 Å². The molecule has 0 aliphatic rings. The van der Waals surface area contributed by atoms with Crippen LogP contribution in [0.25, 0.3) is 0 Å². The maximum atomic E-state index is 5.41. The number of ether oxygens (including phenoxy) is 1. The molecule has 0 amide bonds. The van der Waals surface area contributed by atoms with E-state index in [9.17, 15) is 0 Å². The second kappa shape index (κ2) is 6.59.